The Morgan fingerprint density at radius 3 is 2.89 bits per heavy atom. The molecule has 19 heavy (non-hydrogen) atoms. The maximum absolute atomic E-state index is 12.8. The third-order valence-corrected chi connectivity index (χ3v) is 4.20. The molecule has 7 heteroatoms. The van der Waals surface area contributed by atoms with E-state index in [1.165, 1.54) is 0 Å². The Hall–Kier alpha value is -1.11. The van der Waals surface area contributed by atoms with Crippen LogP contribution in [0.5, 0.6) is 0 Å². The summed E-state index contributed by atoms with van der Waals surface area (Å²) in [6, 6.07) is 0.0458. The van der Waals surface area contributed by atoms with Gasteiger partial charge < -0.3 is 4.90 Å². The minimum atomic E-state index is -4.57. The lowest BCUT2D eigenvalue weighted by molar-refractivity contribution is -0.141. The molecule has 0 saturated carbocycles. The number of likely N-dealkylation sites (tertiary alicyclic amines) is 1. The summed E-state index contributed by atoms with van der Waals surface area (Å²) in [5.74, 6) is -0.527. The number of thiazole rings is 1. The summed E-state index contributed by atoms with van der Waals surface area (Å²) in [6.07, 6.45) is -1.06. The van der Waals surface area contributed by atoms with Crippen LogP contribution >= 0.6 is 11.3 Å². The van der Waals surface area contributed by atoms with Crippen molar-refractivity contribution in [1.29, 1.82) is 0 Å². The van der Waals surface area contributed by atoms with Crippen molar-refractivity contribution >= 4 is 17.2 Å². The second kappa shape index (κ2) is 5.48. The number of hydrogen-bond acceptors (Lipinski definition) is 3. The molecule has 0 aliphatic carbocycles. The van der Waals surface area contributed by atoms with Crippen LogP contribution in [0.15, 0.2) is 5.51 Å². The Balaban J connectivity index is 2.26. The molecule has 1 aliphatic heterocycles. The van der Waals surface area contributed by atoms with E-state index < -0.39 is 17.8 Å². The number of nitrogens with zero attached hydrogens (tertiary/aromatic N) is 2. The van der Waals surface area contributed by atoms with E-state index in [9.17, 15) is 18.0 Å². The maximum Gasteiger partial charge on any atom is 0.434 e. The first-order valence-corrected chi connectivity index (χ1v) is 7.14. The van der Waals surface area contributed by atoms with Gasteiger partial charge in [-0.2, -0.15) is 13.2 Å². The lowest BCUT2D eigenvalue weighted by Crippen LogP contribution is -2.43. The fourth-order valence-electron chi connectivity index (χ4n) is 2.42. The molecule has 2 heterocycles. The molecule has 106 valence electrons. The van der Waals surface area contributed by atoms with E-state index in [4.69, 9.17) is 0 Å². The first kappa shape index (κ1) is 14.3. The van der Waals surface area contributed by atoms with Crippen LogP contribution in [0.1, 0.15) is 48.0 Å². The highest BCUT2D eigenvalue weighted by Gasteiger charge is 2.40. The molecule has 0 aromatic carbocycles. The normalized spacial score (nSPS) is 20.6. The fraction of sp³-hybridized carbons (Fsp3) is 0.667. The SMILES string of the molecule is CCC1CCCCN1C(=O)c1scnc1C(F)(F)F. The molecule has 1 atom stereocenters. The van der Waals surface area contributed by atoms with Gasteiger partial charge in [0, 0.05) is 12.6 Å². The van der Waals surface area contributed by atoms with Gasteiger partial charge in [-0.1, -0.05) is 6.92 Å². The molecular weight excluding hydrogens is 277 g/mol. The van der Waals surface area contributed by atoms with Gasteiger partial charge in [0.2, 0.25) is 0 Å². The van der Waals surface area contributed by atoms with E-state index in [-0.39, 0.29) is 10.9 Å². The van der Waals surface area contributed by atoms with Crippen molar-refractivity contribution in [3.8, 4) is 0 Å². The molecule has 0 radical (unpaired) electrons. The summed E-state index contributed by atoms with van der Waals surface area (Å²) in [5.41, 5.74) is 0.0314. The molecular formula is C12H15F3N2OS. The van der Waals surface area contributed by atoms with Crippen molar-refractivity contribution in [2.75, 3.05) is 6.54 Å². The molecule has 0 bridgehead atoms. The van der Waals surface area contributed by atoms with Gasteiger partial charge in [-0.25, -0.2) is 4.98 Å². The molecule has 1 aliphatic rings. The molecule has 1 unspecified atom stereocenters. The topological polar surface area (TPSA) is 33.2 Å². The van der Waals surface area contributed by atoms with Gasteiger partial charge in [0.1, 0.15) is 4.88 Å². The Kier molecular flexibility index (Phi) is 4.13. The summed E-state index contributed by atoms with van der Waals surface area (Å²) in [4.78, 5) is 16.9. The number of alkyl halides is 3. The van der Waals surface area contributed by atoms with Crippen LogP contribution in [0, 0.1) is 0 Å². The summed E-state index contributed by atoms with van der Waals surface area (Å²) in [6.45, 7) is 2.49. The third-order valence-electron chi connectivity index (χ3n) is 3.39. The summed E-state index contributed by atoms with van der Waals surface area (Å²) < 4.78 is 38.3. The fourth-order valence-corrected chi connectivity index (χ4v) is 3.18. The quantitative estimate of drug-likeness (QED) is 0.835. The number of aromatic nitrogens is 1. The zero-order chi connectivity index (χ0) is 14.0. The van der Waals surface area contributed by atoms with Crippen LogP contribution < -0.4 is 0 Å². The molecule has 1 amide bonds. The summed E-state index contributed by atoms with van der Waals surface area (Å²) in [5, 5.41) is 0. The van der Waals surface area contributed by atoms with Gasteiger partial charge in [-0.15, -0.1) is 11.3 Å². The molecule has 1 aromatic rings. The van der Waals surface area contributed by atoms with Crippen LogP contribution in [0.4, 0.5) is 13.2 Å². The Labute approximate surface area is 113 Å². The van der Waals surface area contributed by atoms with Crippen molar-refractivity contribution in [2.24, 2.45) is 0 Å². The lowest BCUT2D eigenvalue weighted by Gasteiger charge is -2.35. The number of rotatable bonds is 2. The zero-order valence-corrected chi connectivity index (χ0v) is 11.4. The van der Waals surface area contributed by atoms with Gasteiger partial charge in [-0.3, -0.25) is 4.79 Å². The van der Waals surface area contributed by atoms with Crippen LogP contribution in [-0.2, 0) is 6.18 Å². The average Bonchev–Trinajstić information content (AvgIpc) is 2.87. The predicted octanol–water partition coefficient (Wildman–Crippen LogP) is 3.57. The molecule has 0 spiro atoms. The van der Waals surface area contributed by atoms with Crippen LogP contribution in [0.2, 0.25) is 0 Å². The smallest absolute Gasteiger partial charge is 0.335 e. The van der Waals surface area contributed by atoms with Crippen LogP contribution in [0.25, 0.3) is 0 Å². The second-order valence-corrected chi connectivity index (χ2v) is 5.44. The highest BCUT2D eigenvalue weighted by atomic mass is 32.1. The molecule has 1 aromatic heterocycles. The molecule has 2 rings (SSSR count). The van der Waals surface area contributed by atoms with E-state index >= 15 is 0 Å². The number of hydrogen-bond donors (Lipinski definition) is 0. The van der Waals surface area contributed by atoms with Crippen molar-refractivity contribution in [3.05, 3.63) is 16.1 Å². The molecule has 0 N–H and O–H groups in total. The van der Waals surface area contributed by atoms with Crippen LogP contribution in [0.3, 0.4) is 0 Å². The number of halogens is 3. The Bertz CT molecular complexity index is 458. The maximum atomic E-state index is 12.8. The van der Waals surface area contributed by atoms with Crippen molar-refractivity contribution < 1.29 is 18.0 Å². The standard InChI is InChI=1S/C12H15F3N2OS/c1-2-8-5-3-4-6-17(8)11(18)9-10(12(13,14)15)16-7-19-9/h7-8H,2-6H2,1H3. The summed E-state index contributed by atoms with van der Waals surface area (Å²) in [7, 11) is 0. The van der Waals surface area contributed by atoms with Gasteiger partial charge in [0.05, 0.1) is 5.51 Å². The number of piperidine rings is 1. The number of carbonyl (C=O) groups excluding carboxylic acids is 1. The first-order chi connectivity index (χ1) is 8.95. The summed E-state index contributed by atoms with van der Waals surface area (Å²) >= 11 is 0.768. The first-order valence-electron chi connectivity index (χ1n) is 6.26. The van der Waals surface area contributed by atoms with Crippen molar-refractivity contribution in [2.45, 2.75) is 44.8 Å². The van der Waals surface area contributed by atoms with E-state index in [1.807, 2.05) is 6.92 Å². The predicted molar refractivity (Wildman–Crippen MR) is 66.1 cm³/mol. The number of amides is 1. The zero-order valence-electron chi connectivity index (χ0n) is 10.5. The highest BCUT2D eigenvalue weighted by Crippen LogP contribution is 2.34. The number of carbonyl (C=O) groups is 1. The minimum Gasteiger partial charge on any atom is -0.335 e. The van der Waals surface area contributed by atoms with Gasteiger partial charge >= 0.3 is 6.18 Å². The molecule has 1 saturated heterocycles. The van der Waals surface area contributed by atoms with Crippen LogP contribution in [-0.4, -0.2) is 28.4 Å². The minimum absolute atomic E-state index is 0.0458. The molecule has 3 nitrogen and oxygen atoms in total. The van der Waals surface area contributed by atoms with E-state index in [2.05, 4.69) is 4.98 Å². The molecule has 1 fully saturated rings. The van der Waals surface area contributed by atoms with Gasteiger partial charge in [0.15, 0.2) is 5.69 Å². The van der Waals surface area contributed by atoms with E-state index in [1.54, 1.807) is 4.90 Å². The van der Waals surface area contributed by atoms with E-state index in [0.717, 1.165) is 42.5 Å². The van der Waals surface area contributed by atoms with Crippen molar-refractivity contribution in [1.82, 2.24) is 9.88 Å². The monoisotopic (exact) mass is 292 g/mol. The Morgan fingerprint density at radius 1 is 1.53 bits per heavy atom. The van der Waals surface area contributed by atoms with Crippen molar-refractivity contribution in [3.63, 3.8) is 0 Å². The Morgan fingerprint density at radius 2 is 2.26 bits per heavy atom. The van der Waals surface area contributed by atoms with Gasteiger partial charge in [-0.05, 0) is 25.7 Å². The largest absolute Gasteiger partial charge is 0.434 e. The lowest BCUT2D eigenvalue weighted by atomic mass is 9.99. The average molecular weight is 292 g/mol. The van der Waals surface area contributed by atoms with Gasteiger partial charge in [0.25, 0.3) is 5.91 Å². The third kappa shape index (κ3) is 2.91. The second-order valence-electron chi connectivity index (χ2n) is 4.58. The van der Waals surface area contributed by atoms with E-state index in [0.29, 0.717) is 6.54 Å². The highest BCUT2D eigenvalue weighted by molar-refractivity contribution is 7.11.